The van der Waals surface area contributed by atoms with Crippen molar-refractivity contribution in [3.05, 3.63) is 30.6 Å². The Labute approximate surface area is 127 Å². The van der Waals surface area contributed by atoms with Crippen molar-refractivity contribution < 1.29 is 64.3 Å². The van der Waals surface area contributed by atoms with Gasteiger partial charge in [0.1, 0.15) is 0 Å². The fraction of sp³-hybridized carbons (Fsp3) is 0. The van der Waals surface area contributed by atoms with Crippen molar-refractivity contribution in [2.24, 2.45) is 0 Å². The van der Waals surface area contributed by atoms with Crippen molar-refractivity contribution in [2.75, 3.05) is 0 Å². The van der Waals surface area contributed by atoms with Gasteiger partial charge in [-0.1, -0.05) is 11.5 Å². The van der Waals surface area contributed by atoms with Gasteiger partial charge in [-0.3, -0.25) is 9.97 Å². The normalized spacial score (nSPS) is 11.1. The largest absolute Gasteiger partial charge is 1.00 e. The van der Waals surface area contributed by atoms with Gasteiger partial charge >= 0.3 is 58.4 Å². The summed E-state index contributed by atoms with van der Waals surface area (Å²) in [7, 11) is 0. The average molecular weight is 236 g/mol. The molecule has 7 heteroatoms. The van der Waals surface area contributed by atoms with E-state index < -0.39 is 12.4 Å². The predicted molar refractivity (Wildman–Crippen MR) is 48.3 cm³/mol. The first-order valence-corrected chi connectivity index (χ1v) is 3.98. The molecule has 0 aliphatic rings. The Hall–Kier alpha value is 0.0513. The third kappa shape index (κ3) is 3.01. The molecule has 2 heterocycles. The average Bonchev–Trinajstić information content (AvgIpc) is 2.16. The number of fused-ring (bicyclic) bond motifs is 1. The van der Waals surface area contributed by atoms with E-state index in [1.807, 2.05) is 0 Å². The maximum absolute atomic E-state index is 12.3. The minimum Gasteiger partial charge on any atom is -0.445 e. The van der Waals surface area contributed by atoms with Crippen LogP contribution >= 0.6 is 0 Å². The van der Waals surface area contributed by atoms with Crippen LogP contribution < -0.4 is 56.8 Å². The van der Waals surface area contributed by atoms with Crippen LogP contribution in [0.25, 0.3) is 11.0 Å². The number of hydrogen-bond acceptors (Lipinski definition) is 2. The van der Waals surface area contributed by atoms with Crippen LogP contribution in [0.15, 0.2) is 30.6 Å². The smallest absolute Gasteiger partial charge is 0.445 e. The van der Waals surface area contributed by atoms with Crippen LogP contribution in [0.1, 0.15) is 0 Å². The van der Waals surface area contributed by atoms with Crippen molar-refractivity contribution in [3.63, 3.8) is 0 Å². The molecule has 0 atom stereocenters. The Morgan fingerprint density at radius 1 is 1.07 bits per heavy atom. The Kier molecular flexibility index (Phi) is 4.30. The van der Waals surface area contributed by atoms with Crippen molar-refractivity contribution in [3.8, 4) is 0 Å². The van der Waals surface area contributed by atoms with Gasteiger partial charge in [0.25, 0.3) is 0 Å². The minimum atomic E-state index is -4.99. The van der Waals surface area contributed by atoms with Gasteiger partial charge in [-0.25, -0.2) is 0 Å². The summed E-state index contributed by atoms with van der Waals surface area (Å²) in [4.78, 5) is 7.48. The predicted octanol–water partition coefficient (Wildman–Crippen LogP) is -1.31. The summed E-state index contributed by atoms with van der Waals surface area (Å²) in [5, 5.41) is 0. The fourth-order valence-corrected chi connectivity index (χ4v) is 1.15. The van der Waals surface area contributed by atoms with Crippen LogP contribution in [0.5, 0.6) is 0 Å². The fourth-order valence-electron chi connectivity index (χ4n) is 1.15. The van der Waals surface area contributed by atoms with Crippen molar-refractivity contribution >= 4 is 23.5 Å². The number of hydrogen-bond donors (Lipinski definition) is 0. The molecule has 0 unspecified atom stereocenters. The van der Waals surface area contributed by atoms with Crippen molar-refractivity contribution in [1.29, 1.82) is 0 Å². The standard InChI is InChI=1S/C8H5BF3N2.K/c10-9(11,12)6-4-8-7(14-5-6)2-1-3-13-8;/h1-5H;/q-1;+1. The van der Waals surface area contributed by atoms with Gasteiger partial charge in [-0.2, -0.15) is 0 Å². The van der Waals surface area contributed by atoms with Crippen LogP contribution in [-0.4, -0.2) is 16.9 Å². The number of halogens is 3. The monoisotopic (exact) mass is 236 g/mol. The van der Waals surface area contributed by atoms with Crippen molar-refractivity contribution in [2.45, 2.75) is 0 Å². The van der Waals surface area contributed by atoms with Gasteiger partial charge in [-0.05, 0) is 12.1 Å². The van der Waals surface area contributed by atoms with E-state index in [1.165, 1.54) is 6.20 Å². The van der Waals surface area contributed by atoms with Gasteiger partial charge in [0.2, 0.25) is 0 Å². The molecule has 0 aromatic carbocycles. The van der Waals surface area contributed by atoms with E-state index in [0.717, 1.165) is 12.3 Å². The van der Waals surface area contributed by atoms with E-state index in [4.69, 9.17) is 0 Å². The second kappa shape index (κ2) is 4.92. The van der Waals surface area contributed by atoms with Gasteiger partial charge in [0.05, 0.1) is 11.0 Å². The first-order chi connectivity index (χ1) is 6.57. The molecule has 72 valence electrons. The van der Waals surface area contributed by atoms with Crippen LogP contribution in [0.4, 0.5) is 12.9 Å². The van der Waals surface area contributed by atoms with Gasteiger partial charge in [0.15, 0.2) is 0 Å². The van der Waals surface area contributed by atoms with E-state index in [-0.39, 0.29) is 56.9 Å². The zero-order valence-corrected chi connectivity index (χ0v) is 11.1. The minimum absolute atomic E-state index is 0. The van der Waals surface area contributed by atoms with Crippen LogP contribution in [0, 0.1) is 0 Å². The van der Waals surface area contributed by atoms with Crippen LogP contribution in [0.2, 0.25) is 0 Å². The molecule has 0 amide bonds. The molecule has 0 radical (unpaired) electrons. The van der Waals surface area contributed by atoms with E-state index >= 15 is 0 Å². The molecule has 0 N–H and O–H groups in total. The molecular weight excluding hydrogens is 231 g/mol. The van der Waals surface area contributed by atoms with E-state index in [2.05, 4.69) is 9.97 Å². The molecule has 15 heavy (non-hydrogen) atoms. The first-order valence-electron chi connectivity index (χ1n) is 3.98. The zero-order valence-electron chi connectivity index (χ0n) is 7.99. The summed E-state index contributed by atoms with van der Waals surface area (Å²) in [6.07, 6.45) is 2.28. The van der Waals surface area contributed by atoms with Crippen molar-refractivity contribution in [1.82, 2.24) is 9.97 Å². The molecular formula is C8H5BF3KN2. The van der Waals surface area contributed by atoms with Gasteiger partial charge < -0.3 is 12.9 Å². The molecule has 0 aliphatic heterocycles. The van der Waals surface area contributed by atoms with Crippen LogP contribution in [0.3, 0.4) is 0 Å². The second-order valence-electron chi connectivity index (χ2n) is 2.89. The second-order valence-corrected chi connectivity index (χ2v) is 2.89. The summed E-state index contributed by atoms with van der Waals surface area (Å²) in [6, 6.07) is 4.27. The Morgan fingerprint density at radius 2 is 1.80 bits per heavy atom. The maximum Gasteiger partial charge on any atom is 1.00 e. The topological polar surface area (TPSA) is 25.8 Å². The molecule has 2 aromatic rings. The summed E-state index contributed by atoms with van der Waals surface area (Å²) < 4.78 is 36.9. The Bertz CT molecular complexity index is 475. The van der Waals surface area contributed by atoms with Crippen LogP contribution in [-0.2, 0) is 0 Å². The summed E-state index contributed by atoms with van der Waals surface area (Å²) in [5.41, 5.74) is 0.0247. The Morgan fingerprint density at radius 3 is 2.47 bits per heavy atom. The molecule has 0 spiro atoms. The number of pyridine rings is 2. The van der Waals surface area contributed by atoms with Gasteiger partial charge in [-0.15, -0.1) is 0 Å². The molecule has 2 nitrogen and oxygen atoms in total. The van der Waals surface area contributed by atoms with E-state index in [1.54, 1.807) is 12.1 Å². The first kappa shape index (κ1) is 13.1. The molecule has 2 aromatic heterocycles. The van der Waals surface area contributed by atoms with Gasteiger partial charge in [0, 0.05) is 12.4 Å². The molecule has 0 saturated carbocycles. The third-order valence-corrected chi connectivity index (χ3v) is 1.85. The summed E-state index contributed by atoms with van der Waals surface area (Å²) in [5.74, 6) is 0. The van der Waals surface area contributed by atoms with E-state index in [9.17, 15) is 12.9 Å². The molecule has 2 rings (SSSR count). The molecule has 0 saturated heterocycles. The molecule has 0 aliphatic carbocycles. The number of rotatable bonds is 1. The number of nitrogens with zero attached hydrogens (tertiary/aromatic N) is 2. The quantitative estimate of drug-likeness (QED) is 0.574. The number of aromatic nitrogens is 2. The maximum atomic E-state index is 12.3. The van der Waals surface area contributed by atoms with E-state index in [0.29, 0.717) is 5.52 Å². The third-order valence-electron chi connectivity index (χ3n) is 1.85. The SMILES string of the molecule is F[B-](F)(F)c1cnc2cccnc2c1.[K+]. The molecule has 0 bridgehead atoms. The Balaban J connectivity index is 0.00000112. The zero-order chi connectivity index (χ0) is 10.2. The summed E-state index contributed by atoms with van der Waals surface area (Å²) >= 11 is 0. The molecule has 0 fully saturated rings. The summed E-state index contributed by atoms with van der Waals surface area (Å²) in [6.45, 7) is -4.99.